The summed E-state index contributed by atoms with van der Waals surface area (Å²) in [4.78, 5) is 40.4. The lowest BCUT2D eigenvalue weighted by Crippen LogP contribution is -2.44. The minimum absolute atomic E-state index is 0.00725. The highest BCUT2D eigenvalue weighted by Crippen LogP contribution is 2.27. The molecule has 1 N–H and O–H groups in total. The van der Waals surface area contributed by atoms with E-state index >= 15 is 0 Å². The lowest BCUT2D eigenvalue weighted by Gasteiger charge is -2.30. The van der Waals surface area contributed by atoms with Gasteiger partial charge < -0.3 is 15.1 Å². The highest BCUT2D eigenvalue weighted by molar-refractivity contribution is 7.88. The van der Waals surface area contributed by atoms with E-state index in [1.165, 1.54) is 4.31 Å². The number of sulfonamides is 1. The molecule has 0 aromatic heterocycles. The molecule has 3 amide bonds. The molecule has 2 heterocycles. The lowest BCUT2D eigenvalue weighted by molar-refractivity contribution is -0.138. The first kappa shape index (κ1) is 23.2. The van der Waals surface area contributed by atoms with Crippen molar-refractivity contribution in [3.8, 4) is 0 Å². The summed E-state index contributed by atoms with van der Waals surface area (Å²) in [6.45, 7) is 1.74. The molecule has 2 saturated heterocycles. The molecule has 0 spiro atoms. The molecule has 9 nitrogen and oxygen atoms in total. The molecule has 10 heteroatoms. The molecule has 1 atom stereocenters. The molecule has 1 aromatic carbocycles. The third-order valence-electron chi connectivity index (χ3n) is 5.70. The summed E-state index contributed by atoms with van der Waals surface area (Å²) in [6.07, 6.45) is 2.81. The fourth-order valence-corrected chi connectivity index (χ4v) is 5.22. The SMILES string of the molecule is CS(=O)(=O)N1CCCN(C(=O)CN2CCCC2=O)CCNC(=O)CC1c1ccccc1. The normalized spacial score (nSPS) is 22.2. The largest absolute Gasteiger partial charge is 0.354 e. The molecule has 170 valence electrons. The molecule has 2 aliphatic heterocycles. The van der Waals surface area contributed by atoms with Crippen LogP contribution in [0.15, 0.2) is 30.3 Å². The summed E-state index contributed by atoms with van der Waals surface area (Å²) in [5.41, 5.74) is 0.753. The van der Waals surface area contributed by atoms with Crippen LogP contribution in [0.1, 0.15) is 37.3 Å². The van der Waals surface area contributed by atoms with Gasteiger partial charge in [0.1, 0.15) is 0 Å². The summed E-state index contributed by atoms with van der Waals surface area (Å²) in [7, 11) is -3.59. The minimum Gasteiger partial charge on any atom is -0.354 e. The number of rotatable bonds is 4. The van der Waals surface area contributed by atoms with Crippen molar-refractivity contribution in [2.45, 2.75) is 31.7 Å². The number of benzene rings is 1. The summed E-state index contributed by atoms with van der Waals surface area (Å²) >= 11 is 0. The fourth-order valence-electron chi connectivity index (χ4n) is 4.11. The van der Waals surface area contributed by atoms with Crippen LogP contribution in [0.3, 0.4) is 0 Å². The van der Waals surface area contributed by atoms with Crippen molar-refractivity contribution in [2.24, 2.45) is 0 Å². The van der Waals surface area contributed by atoms with Crippen LogP contribution >= 0.6 is 0 Å². The van der Waals surface area contributed by atoms with Gasteiger partial charge in [-0.15, -0.1) is 0 Å². The standard InChI is InChI=1S/C21H30N4O5S/c1-31(29,30)25-13-6-12-23(21(28)16-24-11-5-9-20(24)27)14-10-22-19(26)15-18(25)17-7-3-2-4-8-17/h2-4,7-8,18H,5-6,9-16H2,1H3,(H,22,26). The molecule has 0 saturated carbocycles. The maximum absolute atomic E-state index is 12.8. The van der Waals surface area contributed by atoms with Crippen LogP contribution in [0.4, 0.5) is 0 Å². The fraction of sp³-hybridized carbons (Fsp3) is 0.571. The van der Waals surface area contributed by atoms with Gasteiger partial charge in [-0.25, -0.2) is 8.42 Å². The van der Waals surface area contributed by atoms with Crippen molar-refractivity contribution >= 4 is 27.7 Å². The second kappa shape index (κ2) is 10.2. The van der Waals surface area contributed by atoms with Crippen molar-refractivity contribution in [1.82, 2.24) is 19.4 Å². The Hall–Kier alpha value is -2.46. The van der Waals surface area contributed by atoms with Gasteiger partial charge in [0.05, 0.1) is 18.8 Å². The molecular weight excluding hydrogens is 420 g/mol. The van der Waals surface area contributed by atoms with E-state index in [-0.39, 0.29) is 43.8 Å². The van der Waals surface area contributed by atoms with Crippen LogP contribution in [0.25, 0.3) is 0 Å². The number of carbonyl (C=O) groups excluding carboxylic acids is 3. The van der Waals surface area contributed by atoms with Gasteiger partial charge in [0, 0.05) is 45.6 Å². The van der Waals surface area contributed by atoms with Crippen LogP contribution in [0.5, 0.6) is 0 Å². The maximum Gasteiger partial charge on any atom is 0.242 e. The van der Waals surface area contributed by atoms with Gasteiger partial charge >= 0.3 is 0 Å². The van der Waals surface area contributed by atoms with Gasteiger partial charge in [0.15, 0.2) is 0 Å². The molecule has 2 fully saturated rings. The van der Waals surface area contributed by atoms with Gasteiger partial charge in [-0.1, -0.05) is 30.3 Å². The Morgan fingerprint density at radius 1 is 1.06 bits per heavy atom. The van der Waals surface area contributed by atoms with E-state index in [1.807, 2.05) is 30.3 Å². The van der Waals surface area contributed by atoms with E-state index in [2.05, 4.69) is 5.32 Å². The third-order valence-corrected chi connectivity index (χ3v) is 6.99. The maximum atomic E-state index is 12.8. The molecule has 1 aromatic rings. The first-order chi connectivity index (χ1) is 14.8. The number of nitrogens with zero attached hydrogens (tertiary/aromatic N) is 3. The quantitative estimate of drug-likeness (QED) is 0.712. The number of hydrogen-bond donors (Lipinski definition) is 1. The van der Waals surface area contributed by atoms with E-state index < -0.39 is 16.1 Å². The molecule has 1 unspecified atom stereocenters. The monoisotopic (exact) mass is 450 g/mol. The van der Waals surface area contributed by atoms with E-state index in [1.54, 1.807) is 9.80 Å². The van der Waals surface area contributed by atoms with E-state index in [4.69, 9.17) is 0 Å². The molecule has 0 aliphatic carbocycles. The molecule has 3 rings (SSSR count). The van der Waals surface area contributed by atoms with E-state index in [9.17, 15) is 22.8 Å². The zero-order valence-electron chi connectivity index (χ0n) is 17.8. The van der Waals surface area contributed by atoms with Crippen molar-refractivity contribution in [3.63, 3.8) is 0 Å². The van der Waals surface area contributed by atoms with Crippen molar-refractivity contribution in [2.75, 3.05) is 45.5 Å². The lowest BCUT2D eigenvalue weighted by atomic mass is 10.0. The van der Waals surface area contributed by atoms with Gasteiger partial charge in [0.2, 0.25) is 27.7 Å². The van der Waals surface area contributed by atoms with Crippen molar-refractivity contribution in [3.05, 3.63) is 35.9 Å². The molecular formula is C21H30N4O5S. The Kier molecular flexibility index (Phi) is 7.66. The Morgan fingerprint density at radius 2 is 1.81 bits per heavy atom. The smallest absolute Gasteiger partial charge is 0.242 e. The summed E-state index contributed by atoms with van der Waals surface area (Å²) in [6, 6.07) is 8.50. The van der Waals surface area contributed by atoms with Gasteiger partial charge in [-0.3, -0.25) is 14.4 Å². The summed E-state index contributed by atoms with van der Waals surface area (Å²) in [5.74, 6) is -0.478. The average Bonchev–Trinajstić information content (AvgIpc) is 3.10. The molecule has 0 radical (unpaired) electrons. The number of hydrogen-bond acceptors (Lipinski definition) is 5. The van der Waals surface area contributed by atoms with Crippen LogP contribution in [-0.4, -0.2) is 85.8 Å². The number of likely N-dealkylation sites (tertiary alicyclic amines) is 1. The molecule has 31 heavy (non-hydrogen) atoms. The highest BCUT2D eigenvalue weighted by Gasteiger charge is 2.31. The Balaban J connectivity index is 1.77. The van der Waals surface area contributed by atoms with Crippen LogP contribution in [0.2, 0.25) is 0 Å². The highest BCUT2D eigenvalue weighted by atomic mass is 32.2. The summed E-state index contributed by atoms with van der Waals surface area (Å²) in [5, 5.41) is 2.80. The zero-order valence-corrected chi connectivity index (χ0v) is 18.6. The van der Waals surface area contributed by atoms with Crippen molar-refractivity contribution in [1.29, 1.82) is 0 Å². The van der Waals surface area contributed by atoms with Crippen LogP contribution in [0, 0.1) is 0 Å². The second-order valence-electron chi connectivity index (χ2n) is 8.01. The van der Waals surface area contributed by atoms with Crippen LogP contribution < -0.4 is 5.32 Å². The van der Waals surface area contributed by atoms with Crippen molar-refractivity contribution < 1.29 is 22.8 Å². The van der Waals surface area contributed by atoms with Gasteiger partial charge in [0.25, 0.3) is 0 Å². The first-order valence-electron chi connectivity index (χ1n) is 10.6. The molecule has 2 aliphatic rings. The first-order valence-corrected chi connectivity index (χ1v) is 12.4. The zero-order chi connectivity index (χ0) is 22.4. The minimum atomic E-state index is -3.59. The predicted octanol–water partition coefficient (Wildman–Crippen LogP) is 0.350. The van der Waals surface area contributed by atoms with Gasteiger partial charge in [-0.05, 0) is 18.4 Å². The van der Waals surface area contributed by atoms with E-state index in [0.717, 1.165) is 18.2 Å². The second-order valence-corrected chi connectivity index (χ2v) is 9.94. The predicted molar refractivity (Wildman–Crippen MR) is 115 cm³/mol. The Morgan fingerprint density at radius 3 is 2.45 bits per heavy atom. The Bertz CT molecular complexity index is 906. The number of amides is 3. The van der Waals surface area contributed by atoms with Crippen LogP contribution in [-0.2, 0) is 24.4 Å². The average molecular weight is 451 g/mol. The van der Waals surface area contributed by atoms with Gasteiger partial charge in [-0.2, -0.15) is 4.31 Å². The number of carbonyl (C=O) groups is 3. The summed E-state index contributed by atoms with van der Waals surface area (Å²) < 4.78 is 26.5. The number of nitrogens with one attached hydrogen (secondary N) is 1. The molecule has 0 bridgehead atoms. The Labute approximate surface area is 183 Å². The topological polar surface area (TPSA) is 107 Å². The third kappa shape index (κ3) is 6.27. The van der Waals surface area contributed by atoms with E-state index in [0.29, 0.717) is 32.5 Å².